The average Bonchev–Trinajstić information content (AvgIpc) is 3.25. The zero-order valence-electron chi connectivity index (χ0n) is 17.7. The van der Waals surface area contributed by atoms with Gasteiger partial charge < -0.3 is 4.74 Å². The van der Waals surface area contributed by atoms with Crippen molar-refractivity contribution in [1.29, 1.82) is 5.53 Å². The van der Waals surface area contributed by atoms with Gasteiger partial charge in [0.1, 0.15) is 17.6 Å². The molecule has 0 saturated carbocycles. The van der Waals surface area contributed by atoms with Crippen LogP contribution in [0, 0.1) is 5.53 Å². The smallest absolute Gasteiger partial charge is 0.406 e. The van der Waals surface area contributed by atoms with Crippen molar-refractivity contribution in [2.45, 2.75) is 39.5 Å². The fourth-order valence-electron chi connectivity index (χ4n) is 2.76. The summed E-state index contributed by atoms with van der Waals surface area (Å²) in [5, 5.41) is 7.52. The van der Waals surface area contributed by atoms with Crippen LogP contribution in [-0.2, 0) is 4.79 Å². The van der Waals surface area contributed by atoms with Crippen molar-refractivity contribution in [2.24, 2.45) is 5.11 Å². The van der Waals surface area contributed by atoms with E-state index in [2.05, 4.69) is 24.8 Å². The number of hydrogen-bond donors (Lipinski definition) is 1. The molecule has 1 N–H and O–H groups in total. The minimum atomic E-state index is -4.75. The molecule has 11 heteroatoms. The molecule has 3 rings (SSSR count). The van der Waals surface area contributed by atoms with Crippen molar-refractivity contribution in [3.05, 3.63) is 60.4 Å². The van der Waals surface area contributed by atoms with E-state index in [4.69, 9.17) is 5.53 Å². The van der Waals surface area contributed by atoms with E-state index in [1.54, 1.807) is 0 Å². The van der Waals surface area contributed by atoms with Crippen LogP contribution < -0.4 is 9.65 Å². The lowest BCUT2D eigenvalue weighted by atomic mass is 9.96. The normalized spacial score (nSPS) is 11.6. The van der Waals surface area contributed by atoms with Crippen LogP contribution in [-0.4, -0.2) is 27.0 Å². The third kappa shape index (κ3) is 6.85. The first kappa shape index (κ1) is 24.4. The summed E-state index contributed by atoms with van der Waals surface area (Å²) in [5.74, 6) is -0.448. The lowest BCUT2D eigenvalue weighted by molar-refractivity contribution is -0.274. The molecule has 0 aliphatic carbocycles. The van der Waals surface area contributed by atoms with Gasteiger partial charge in [-0.05, 0) is 35.7 Å². The van der Waals surface area contributed by atoms with Crippen LogP contribution in [0.3, 0.4) is 0 Å². The fourth-order valence-corrected chi connectivity index (χ4v) is 2.76. The summed E-state index contributed by atoms with van der Waals surface area (Å²) in [4.78, 5) is 18.4. The number of hydrogen-bond acceptors (Lipinski definition) is 5. The molecule has 32 heavy (non-hydrogen) atoms. The maximum absolute atomic E-state index is 12.2. The maximum Gasteiger partial charge on any atom is 0.573 e. The minimum Gasteiger partial charge on any atom is -0.406 e. The van der Waals surface area contributed by atoms with E-state index in [-0.39, 0.29) is 18.1 Å². The monoisotopic (exact) mass is 447 g/mol. The van der Waals surface area contributed by atoms with Gasteiger partial charge in [-0.2, -0.15) is 0 Å². The second-order valence-corrected chi connectivity index (χ2v) is 6.38. The first-order valence-electron chi connectivity index (χ1n) is 9.73. The number of halogens is 3. The minimum absolute atomic E-state index is 0.0972. The van der Waals surface area contributed by atoms with E-state index in [0.29, 0.717) is 11.5 Å². The fraction of sp³-hybridized carbons (Fsp3) is 0.286. The van der Waals surface area contributed by atoms with Crippen molar-refractivity contribution < 1.29 is 22.7 Å². The van der Waals surface area contributed by atoms with Crippen LogP contribution in [0.1, 0.15) is 38.7 Å². The Balaban J connectivity index is 0.00000176. The highest BCUT2D eigenvalue weighted by Crippen LogP contribution is 2.25. The van der Waals surface area contributed by atoms with Crippen LogP contribution in [0.4, 0.5) is 13.2 Å². The summed E-state index contributed by atoms with van der Waals surface area (Å²) < 4.78 is 42.0. The number of nitrogens with zero attached hydrogens (tertiary/aromatic N) is 5. The van der Waals surface area contributed by atoms with Crippen molar-refractivity contribution in [2.75, 3.05) is 0 Å². The highest BCUT2D eigenvalue weighted by atomic mass is 19.4. The molecule has 1 aromatic heterocycles. The van der Waals surface area contributed by atoms with Gasteiger partial charge in [0.05, 0.1) is 5.69 Å². The Morgan fingerprint density at radius 2 is 1.78 bits per heavy atom. The van der Waals surface area contributed by atoms with Crippen LogP contribution in [0.25, 0.3) is 17.1 Å². The van der Waals surface area contributed by atoms with Crippen molar-refractivity contribution in [3.8, 4) is 22.8 Å². The molecule has 0 aliphatic rings. The molecule has 0 spiro atoms. The standard InChI is InChI=1S/C19H16F3N6O2.C2H6/c1-12(10-17(29)25-27-23)13-2-4-14(5-3-13)18-24-11-28(26-18)15-6-8-16(9-7-15)30-19(20,21)22;1-2/h2-9,11-12,23H,10H2,1H3;1-2H3/q+1;. The number of rotatable bonds is 6. The average molecular weight is 447 g/mol. The zero-order valence-corrected chi connectivity index (χ0v) is 17.7. The van der Waals surface area contributed by atoms with Gasteiger partial charge in [-0.25, -0.2) is 9.67 Å². The number of aromatic nitrogens is 3. The van der Waals surface area contributed by atoms with E-state index in [0.717, 1.165) is 11.1 Å². The van der Waals surface area contributed by atoms with Crippen LogP contribution in [0.2, 0.25) is 0 Å². The first-order chi connectivity index (χ1) is 15.2. The van der Waals surface area contributed by atoms with E-state index in [9.17, 15) is 18.0 Å². The highest BCUT2D eigenvalue weighted by molar-refractivity contribution is 5.77. The van der Waals surface area contributed by atoms with E-state index in [1.807, 2.05) is 45.0 Å². The number of carbonyl (C=O) groups excluding carboxylic acids is 1. The number of nitrogens with one attached hydrogen (secondary N) is 1. The second-order valence-electron chi connectivity index (χ2n) is 6.38. The third-order valence-corrected chi connectivity index (χ3v) is 4.21. The van der Waals surface area contributed by atoms with E-state index < -0.39 is 12.3 Å². The predicted molar refractivity (Wildman–Crippen MR) is 110 cm³/mol. The van der Waals surface area contributed by atoms with E-state index in [1.165, 1.54) is 35.3 Å². The molecule has 0 saturated heterocycles. The van der Waals surface area contributed by atoms with Crippen LogP contribution in [0.5, 0.6) is 5.75 Å². The molecule has 1 amide bonds. The van der Waals surface area contributed by atoms with Crippen molar-refractivity contribution in [3.63, 3.8) is 0 Å². The number of alkyl halides is 3. The summed E-state index contributed by atoms with van der Waals surface area (Å²) in [6, 6.07) is 12.6. The lowest BCUT2D eigenvalue weighted by Gasteiger charge is -2.09. The SMILES string of the molecule is CC.CC(CC(=O)N=[N+]=N)c1ccc(-c2ncn(-c3ccc(OC(F)(F)F)cc3)n2)cc1. The Morgan fingerprint density at radius 1 is 1.16 bits per heavy atom. The largest absolute Gasteiger partial charge is 0.573 e. The number of benzene rings is 2. The Hall–Kier alpha value is -3.85. The molecule has 1 heterocycles. The van der Waals surface area contributed by atoms with Gasteiger partial charge in [-0.1, -0.05) is 45.0 Å². The molecule has 168 valence electrons. The van der Waals surface area contributed by atoms with Gasteiger partial charge in [0.25, 0.3) is 0 Å². The maximum atomic E-state index is 12.2. The Kier molecular flexibility index (Phi) is 8.37. The second kappa shape index (κ2) is 11.0. The van der Waals surface area contributed by atoms with Gasteiger partial charge >= 0.3 is 12.3 Å². The highest BCUT2D eigenvalue weighted by Gasteiger charge is 2.31. The first-order valence-corrected chi connectivity index (χ1v) is 9.73. The molecule has 8 nitrogen and oxygen atoms in total. The van der Waals surface area contributed by atoms with Gasteiger partial charge in [-0.15, -0.1) is 18.3 Å². The topological polar surface area (TPSA) is 107 Å². The van der Waals surface area contributed by atoms with E-state index >= 15 is 0 Å². The zero-order chi connectivity index (χ0) is 23.7. The predicted octanol–water partition coefficient (Wildman–Crippen LogP) is 5.43. The Labute approximate surface area is 182 Å². The molecule has 0 bridgehead atoms. The molecule has 0 fully saturated rings. The van der Waals surface area contributed by atoms with Gasteiger partial charge in [0, 0.05) is 12.0 Å². The van der Waals surface area contributed by atoms with Crippen LogP contribution in [0.15, 0.2) is 60.0 Å². The molecule has 1 atom stereocenters. The number of carbonyl (C=O) groups is 1. The summed E-state index contributed by atoms with van der Waals surface area (Å²) in [7, 11) is 0. The summed E-state index contributed by atoms with van der Waals surface area (Å²) in [5.41, 5.74) is 8.75. The number of ether oxygens (including phenoxy) is 1. The third-order valence-electron chi connectivity index (χ3n) is 4.21. The van der Waals surface area contributed by atoms with Gasteiger partial charge in [0.2, 0.25) is 4.91 Å². The summed E-state index contributed by atoms with van der Waals surface area (Å²) in [6.07, 6.45) is -3.15. The summed E-state index contributed by atoms with van der Waals surface area (Å²) >= 11 is 0. The van der Waals surface area contributed by atoms with Crippen molar-refractivity contribution >= 4 is 5.91 Å². The molecule has 0 radical (unpaired) electrons. The lowest BCUT2D eigenvalue weighted by Crippen LogP contribution is -2.17. The quantitative estimate of drug-likeness (QED) is 0.401. The molecular formula is C21H22F3N6O2+. The molecule has 0 aliphatic heterocycles. The van der Waals surface area contributed by atoms with Crippen molar-refractivity contribution in [1.82, 2.24) is 19.7 Å². The van der Waals surface area contributed by atoms with Gasteiger partial charge in [-0.3, -0.25) is 4.79 Å². The Bertz CT molecular complexity index is 1070. The molecule has 3 aromatic rings. The molecule has 1 unspecified atom stereocenters. The number of amides is 1. The molecular weight excluding hydrogens is 425 g/mol. The Morgan fingerprint density at radius 3 is 2.34 bits per heavy atom. The molecule has 2 aromatic carbocycles. The van der Waals surface area contributed by atoms with Crippen LogP contribution >= 0.6 is 0 Å². The van der Waals surface area contributed by atoms with Gasteiger partial charge in [0.15, 0.2) is 10.9 Å². The summed E-state index contributed by atoms with van der Waals surface area (Å²) in [6.45, 7) is 5.87.